The van der Waals surface area contributed by atoms with Crippen molar-refractivity contribution in [2.45, 2.75) is 20.0 Å². The molecule has 0 aliphatic carbocycles. The Balaban J connectivity index is 1.87. The van der Waals surface area contributed by atoms with Crippen LogP contribution in [0.3, 0.4) is 0 Å². The van der Waals surface area contributed by atoms with Crippen LogP contribution in [0.1, 0.15) is 6.92 Å². The van der Waals surface area contributed by atoms with Gasteiger partial charge in [0, 0.05) is 18.8 Å². The van der Waals surface area contributed by atoms with E-state index in [2.05, 4.69) is 14.1 Å². The number of anilines is 1. The van der Waals surface area contributed by atoms with Gasteiger partial charge in [-0.2, -0.15) is 8.75 Å². The van der Waals surface area contributed by atoms with Crippen LogP contribution in [0.4, 0.5) is 5.69 Å². The average molecular weight is 331 g/mol. The molecule has 0 bridgehead atoms. The zero-order chi connectivity index (χ0) is 16.4. The molecule has 0 aliphatic rings. The molecule has 118 valence electrons. The first-order valence-electron chi connectivity index (χ1n) is 6.91. The minimum atomic E-state index is -0.511. The van der Waals surface area contributed by atoms with Gasteiger partial charge in [-0.25, -0.2) is 4.79 Å². The highest BCUT2D eigenvalue weighted by atomic mass is 32.1. The number of nitrogens with one attached hydrogen (secondary N) is 1. The minimum absolute atomic E-state index is 0.355. The summed E-state index contributed by atoms with van der Waals surface area (Å²) in [4.78, 5) is 36.1. The van der Waals surface area contributed by atoms with E-state index in [0.717, 1.165) is 16.3 Å². The molecule has 0 radical (unpaired) electrons. The number of benzene rings is 1. The number of nitrogens with zero attached hydrogens (tertiary/aromatic N) is 4. The van der Waals surface area contributed by atoms with Crippen LogP contribution in [0.2, 0.25) is 0 Å². The molecule has 9 heteroatoms. The normalized spacial score (nSPS) is 10.8. The third-order valence-electron chi connectivity index (χ3n) is 3.34. The van der Waals surface area contributed by atoms with E-state index in [0.29, 0.717) is 23.3 Å². The second kappa shape index (κ2) is 6.13. The predicted molar refractivity (Wildman–Crippen MR) is 86.7 cm³/mol. The van der Waals surface area contributed by atoms with Gasteiger partial charge in [-0.1, -0.05) is 6.07 Å². The fourth-order valence-corrected chi connectivity index (χ4v) is 2.73. The van der Waals surface area contributed by atoms with E-state index in [1.807, 2.05) is 0 Å². The Hall–Kier alpha value is -2.81. The summed E-state index contributed by atoms with van der Waals surface area (Å²) in [6.45, 7) is 1.85. The molecule has 1 N–H and O–H groups in total. The predicted octanol–water partition coefficient (Wildman–Crippen LogP) is 0.673. The van der Waals surface area contributed by atoms with Crippen LogP contribution in [0.5, 0.6) is 0 Å². The molecule has 2 heterocycles. The molecule has 0 spiro atoms. The molecule has 0 aliphatic heterocycles. The lowest BCUT2D eigenvalue weighted by molar-refractivity contribution is -0.116. The fourth-order valence-electron chi connectivity index (χ4n) is 2.18. The van der Waals surface area contributed by atoms with E-state index in [-0.39, 0.29) is 6.54 Å². The van der Waals surface area contributed by atoms with Gasteiger partial charge in [0.05, 0.1) is 17.4 Å². The Morgan fingerprint density at radius 1 is 1.26 bits per heavy atom. The quantitative estimate of drug-likeness (QED) is 0.758. The maximum Gasteiger partial charge on any atom is 0.331 e. The maximum atomic E-state index is 12.2. The molecule has 0 atom stereocenters. The van der Waals surface area contributed by atoms with Gasteiger partial charge in [0.2, 0.25) is 5.91 Å². The Labute approximate surface area is 134 Å². The Bertz CT molecular complexity index is 988. The first-order valence-corrected chi connectivity index (χ1v) is 7.64. The second-order valence-corrected chi connectivity index (χ2v) is 5.32. The number of carbonyl (C=O) groups excluding carboxylic acids is 1. The summed E-state index contributed by atoms with van der Waals surface area (Å²) in [6, 6.07) is 6.50. The fraction of sp³-hybridized carbons (Fsp3) is 0.214. The van der Waals surface area contributed by atoms with Gasteiger partial charge in [0.1, 0.15) is 17.6 Å². The third kappa shape index (κ3) is 2.90. The van der Waals surface area contributed by atoms with E-state index in [9.17, 15) is 14.4 Å². The van der Waals surface area contributed by atoms with Crippen LogP contribution in [0, 0.1) is 0 Å². The molecule has 0 saturated heterocycles. The monoisotopic (exact) mass is 331 g/mol. The van der Waals surface area contributed by atoms with Crippen molar-refractivity contribution < 1.29 is 4.79 Å². The van der Waals surface area contributed by atoms with E-state index in [1.54, 1.807) is 25.1 Å². The number of aryl methyl sites for hydroxylation is 1. The third-order valence-corrected chi connectivity index (χ3v) is 3.88. The topological polar surface area (TPSA) is 98.9 Å². The minimum Gasteiger partial charge on any atom is -0.323 e. The van der Waals surface area contributed by atoms with E-state index < -0.39 is 17.2 Å². The summed E-state index contributed by atoms with van der Waals surface area (Å²) < 4.78 is 10.5. The lowest BCUT2D eigenvalue weighted by Crippen LogP contribution is -2.41. The molecule has 2 aromatic heterocycles. The van der Waals surface area contributed by atoms with Crippen LogP contribution >= 0.6 is 11.7 Å². The Kier molecular flexibility index (Phi) is 4.02. The molecular formula is C14H13N5O3S. The van der Waals surface area contributed by atoms with Gasteiger partial charge in [-0.3, -0.25) is 14.2 Å². The standard InChI is InChI=1S/C14H13N5O3S/c1-2-18-7-6-12(21)19(14(18)22)8-11(20)15-9-4-3-5-10-13(9)17-23-16-10/h3-7H,2,8H2,1H3,(H,15,20). The molecule has 8 nitrogen and oxygen atoms in total. The highest BCUT2D eigenvalue weighted by Gasteiger charge is 2.12. The van der Waals surface area contributed by atoms with Crippen molar-refractivity contribution in [2.75, 3.05) is 5.32 Å². The summed E-state index contributed by atoms with van der Waals surface area (Å²) in [6.07, 6.45) is 1.42. The summed E-state index contributed by atoms with van der Waals surface area (Å²) in [5.41, 5.74) is 0.739. The molecule has 3 rings (SSSR count). The SMILES string of the molecule is CCn1ccc(=O)n(CC(=O)Nc2cccc3nsnc23)c1=O. The van der Waals surface area contributed by atoms with Crippen molar-refractivity contribution in [3.63, 3.8) is 0 Å². The molecule has 0 fully saturated rings. The Morgan fingerprint density at radius 2 is 2.09 bits per heavy atom. The number of fused-ring (bicyclic) bond motifs is 1. The number of rotatable bonds is 4. The smallest absolute Gasteiger partial charge is 0.323 e. The first-order chi connectivity index (χ1) is 11.1. The van der Waals surface area contributed by atoms with Gasteiger partial charge in [-0.15, -0.1) is 0 Å². The molecule has 1 aromatic carbocycles. The number of amides is 1. The number of hydrogen-bond donors (Lipinski definition) is 1. The first kappa shape index (κ1) is 15.1. The van der Waals surface area contributed by atoms with Crippen molar-refractivity contribution >= 4 is 34.4 Å². The van der Waals surface area contributed by atoms with Gasteiger partial charge in [-0.05, 0) is 19.1 Å². The zero-order valence-corrected chi connectivity index (χ0v) is 13.0. The van der Waals surface area contributed by atoms with Crippen LogP contribution in [0.15, 0.2) is 40.1 Å². The molecule has 1 amide bonds. The molecule has 3 aromatic rings. The number of aromatic nitrogens is 4. The van der Waals surface area contributed by atoms with Crippen LogP contribution < -0.4 is 16.6 Å². The molecule has 0 saturated carbocycles. The Morgan fingerprint density at radius 3 is 2.87 bits per heavy atom. The van der Waals surface area contributed by atoms with E-state index in [1.165, 1.54) is 16.8 Å². The van der Waals surface area contributed by atoms with Crippen LogP contribution in [0.25, 0.3) is 11.0 Å². The number of carbonyl (C=O) groups is 1. The van der Waals surface area contributed by atoms with Gasteiger partial charge >= 0.3 is 5.69 Å². The zero-order valence-electron chi connectivity index (χ0n) is 12.2. The summed E-state index contributed by atoms with van der Waals surface area (Å²) in [5, 5.41) is 2.67. The van der Waals surface area contributed by atoms with Gasteiger partial charge in [0.25, 0.3) is 5.56 Å². The van der Waals surface area contributed by atoms with Crippen molar-refractivity contribution in [1.82, 2.24) is 17.9 Å². The van der Waals surface area contributed by atoms with E-state index in [4.69, 9.17) is 0 Å². The second-order valence-electron chi connectivity index (χ2n) is 4.79. The number of hydrogen-bond acceptors (Lipinski definition) is 6. The van der Waals surface area contributed by atoms with Crippen molar-refractivity contribution in [3.05, 3.63) is 51.3 Å². The highest BCUT2D eigenvalue weighted by Crippen LogP contribution is 2.20. The lowest BCUT2D eigenvalue weighted by Gasteiger charge is -2.09. The van der Waals surface area contributed by atoms with Crippen LogP contribution in [-0.4, -0.2) is 23.8 Å². The van der Waals surface area contributed by atoms with Crippen LogP contribution in [-0.2, 0) is 17.9 Å². The lowest BCUT2D eigenvalue weighted by atomic mass is 10.2. The maximum absolute atomic E-state index is 12.2. The molecule has 0 unspecified atom stereocenters. The molecular weight excluding hydrogens is 318 g/mol. The average Bonchev–Trinajstić information content (AvgIpc) is 3.01. The highest BCUT2D eigenvalue weighted by molar-refractivity contribution is 7.00. The summed E-state index contributed by atoms with van der Waals surface area (Å²) >= 11 is 1.05. The summed E-state index contributed by atoms with van der Waals surface area (Å²) in [7, 11) is 0. The van der Waals surface area contributed by atoms with Crippen molar-refractivity contribution in [2.24, 2.45) is 0 Å². The molecule has 23 heavy (non-hydrogen) atoms. The largest absolute Gasteiger partial charge is 0.331 e. The van der Waals surface area contributed by atoms with Gasteiger partial charge in [0.15, 0.2) is 0 Å². The van der Waals surface area contributed by atoms with Crippen molar-refractivity contribution in [3.8, 4) is 0 Å². The van der Waals surface area contributed by atoms with Crippen molar-refractivity contribution in [1.29, 1.82) is 0 Å². The van der Waals surface area contributed by atoms with E-state index >= 15 is 0 Å². The summed E-state index contributed by atoms with van der Waals surface area (Å²) in [5.74, 6) is -0.474. The van der Waals surface area contributed by atoms with Gasteiger partial charge < -0.3 is 9.88 Å².